The summed E-state index contributed by atoms with van der Waals surface area (Å²) < 4.78 is 7.10. The molecule has 0 spiro atoms. The number of amides is 1. The fourth-order valence-electron chi connectivity index (χ4n) is 0.165. The average Bonchev–Trinajstić information content (AvgIpc) is 1.90. The Morgan fingerprint density at radius 2 is 2.11 bits per heavy atom. The number of carbonyl (C=O) groups excluding carboxylic acids is 1. The van der Waals surface area contributed by atoms with Crippen LogP contribution >= 0.6 is 0 Å². The SMILES string of the molecule is O=C([CH]=[W])N([CH]=[W])[N]=[W]. The van der Waals surface area contributed by atoms with E-state index in [1.165, 1.54) is 24.4 Å². The van der Waals surface area contributed by atoms with Crippen LogP contribution in [-0.2, 0) is 63.1 Å². The van der Waals surface area contributed by atoms with Crippen LogP contribution in [0.15, 0.2) is 3.60 Å². The van der Waals surface area contributed by atoms with Gasteiger partial charge in [0.05, 0.1) is 0 Å². The van der Waals surface area contributed by atoms with E-state index in [1.54, 1.807) is 8.93 Å². The molecule has 0 aromatic rings. The minimum atomic E-state index is -0.0185. The maximum absolute atomic E-state index is 10.8. The van der Waals surface area contributed by atoms with Gasteiger partial charge in [-0.05, 0) is 0 Å². The summed E-state index contributed by atoms with van der Waals surface area (Å²) in [6, 6.07) is 0. The van der Waals surface area contributed by atoms with Crippen LogP contribution in [-0.4, -0.2) is 19.8 Å². The normalized spacial score (nSPS) is 7.56. The Morgan fingerprint density at radius 1 is 1.56 bits per heavy atom. The molecular weight excluding hydrogens is 632 g/mol. The van der Waals surface area contributed by atoms with Crippen LogP contribution in [0.1, 0.15) is 0 Å². The topological polar surface area (TPSA) is 32.7 Å². The molecule has 0 fully saturated rings. The summed E-state index contributed by atoms with van der Waals surface area (Å²) in [5, 5.41) is 1.37. The van der Waals surface area contributed by atoms with E-state index in [0.717, 1.165) is 39.0 Å². The molecule has 0 atom stereocenters. The van der Waals surface area contributed by atoms with Crippen molar-refractivity contribution in [2.75, 3.05) is 0 Å². The molecule has 0 aliphatic rings. The Morgan fingerprint density at radius 3 is 2.22 bits per heavy atom. The monoisotopic (exact) mass is 634 g/mol. The van der Waals surface area contributed by atoms with Crippen LogP contribution in [0.4, 0.5) is 0 Å². The minimum absolute atomic E-state index is 0.0185. The molecule has 48 valence electrons. The molecule has 0 aliphatic heterocycles. The van der Waals surface area contributed by atoms with E-state index in [2.05, 4.69) is 3.60 Å². The molecule has 0 unspecified atom stereocenters. The zero-order chi connectivity index (χ0) is 7.28. The van der Waals surface area contributed by atoms with Crippen molar-refractivity contribution in [1.82, 2.24) is 5.01 Å². The van der Waals surface area contributed by atoms with Gasteiger partial charge in [-0.15, -0.1) is 0 Å². The molecule has 0 aromatic carbocycles. The van der Waals surface area contributed by atoms with Crippen LogP contribution in [0.3, 0.4) is 0 Å². The Bertz CT molecular complexity index is 149. The molecule has 0 heterocycles. The summed E-state index contributed by atoms with van der Waals surface area (Å²) in [6.45, 7) is 0. The van der Waals surface area contributed by atoms with Crippen molar-refractivity contribution in [3.8, 4) is 0 Å². The third kappa shape index (κ3) is 3.70. The van der Waals surface area contributed by atoms with Crippen molar-refractivity contribution < 1.29 is 63.1 Å². The molecule has 0 radical (unpaired) electrons. The third-order valence-electron chi connectivity index (χ3n) is 0.514. The predicted octanol–water partition coefficient (Wildman–Crippen LogP) is -0.884. The van der Waals surface area contributed by atoms with Gasteiger partial charge < -0.3 is 0 Å². The van der Waals surface area contributed by atoms with Crippen molar-refractivity contribution in [2.45, 2.75) is 0 Å². The second-order valence-corrected chi connectivity index (χ2v) is 3.18. The number of nitrogens with zero attached hydrogens (tertiary/aromatic N) is 2. The molecule has 0 saturated carbocycles. The Labute approximate surface area is 85.7 Å². The molecule has 6 heteroatoms. The summed E-state index contributed by atoms with van der Waals surface area (Å²) in [5.74, 6) is -0.0185. The molecule has 1 amide bonds. The fourth-order valence-corrected chi connectivity index (χ4v) is 2.49. The van der Waals surface area contributed by atoms with E-state index >= 15 is 0 Å². The third-order valence-corrected chi connectivity index (χ3v) is 2.59. The first-order chi connectivity index (χ1) is 4.26. The van der Waals surface area contributed by atoms with Gasteiger partial charge in [0, 0.05) is 0 Å². The quantitative estimate of drug-likeness (QED) is 0.372. The van der Waals surface area contributed by atoms with Crippen LogP contribution in [0.5, 0.6) is 0 Å². The molecule has 0 rings (SSSR count). The summed E-state index contributed by atoms with van der Waals surface area (Å²) in [4.78, 5) is 10.8. The summed E-state index contributed by atoms with van der Waals surface area (Å²) >= 11 is 3.45. The summed E-state index contributed by atoms with van der Waals surface area (Å²) in [7, 11) is 0. The van der Waals surface area contributed by atoms with Crippen LogP contribution in [0.2, 0.25) is 0 Å². The molecule has 0 aliphatic carbocycles. The van der Waals surface area contributed by atoms with E-state index in [1.807, 2.05) is 0 Å². The Balaban J connectivity index is 4.09. The number of rotatable bonds is 3. The first kappa shape index (κ1) is 10.1. The van der Waals surface area contributed by atoms with Crippen molar-refractivity contribution in [3.05, 3.63) is 0 Å². The van der Waals surface area contributed by atoms with E-state index in [-0.39, 0.29) is 5.91 Å². The van der Waals surface area contributed by atoms with Gasteiger partial charge in [-0.25, -0.2) is 0 Å². The van der Waals surface area contributed by atoms with Crippen molar-refractivity contribution >= 4 is 14.8 Å². The van der Waals surface area contributed by atoms with Gasteiger partial charge in [-0.1, -0.05) is 0 Å². The van der Waals surface area contributed by atoms with Crippen LogP contribution in [0.25, 0.3) is 0 Å². The summed E-state index contributed by atoms with van der Waals surface area (Å²) in [5.41, 5.74) is 0. The standard InChI is InChI=1S/C3H2N2O.3W/c1-3(6)5(2)4;;;/h1-2H;;;. The van der Waals surface area contributed by atoms with Gasteiger partial charge >= 0.3 is 86.6 Å². The van der Waals surface area contributed by atoms with Gasteiger partial charge in [-0.3, -0.25) is 0 Å². The van der Waals surface area contributed by atoms with Gasteiger partial charge in [0.1, 0.15) is 0 Å². The van der Waals surface area contributed by atoms with E-state index in [4.69, 9.17) is 0 Å². The average molecular weight is 634 g/mol. The second kappa shape index (κ2) is 5.83. The molecule has 9 heavy (non-hydrogen) atoms. The maximum atomic E-state index is 10.8. The first-order valence-corrected chi connectivity index (χ1v) is 6.53. The predicted molar refractivity (Wildman–Crippen MR) is 21.4 cm³/mol. The Kier molecular flexibility index (Phi) is 6.53. The molecule has 0 N–H and O–H groups in total. The van der Waals surface area contributed by atoms with Gasteiger partial charge in [0.15, 0.2) is 0 Å². The van der Waals surface area contributed by atoms with Crippen LogP contribution in [0, 0.1) is 0 Å². The number of carbonyl (C=O) groups is 1. The molecule has 3 nitrogen and oxygen atoms in total. The zero-order valence-corrected chi connectivity index (χ0v) is 13.0. The number of hydrogen-bond acceptors (Lipinski definition) is 2. The molecule has 0 saturated heterocycles. The fraction of sp³-hybridized carbons (Fsp3) is 0. The second-order valence-electron chi connectivity index (χ2n) is 0.988. The van der Waals surface area contributed by atoms with Crippen molar-refractivity contribution in [3.63, 3.8) is 0 Å². The Hall–Kier alpha value is 1.07. The van der Waals surface area contributed by atoms with Gasteiger partial charge in [0.25, 0.3) is 0 Å². The van der Waals surface area contributed by atoms with E-state index < -0.39 is 0 Å². The summed E-state index contributed by atoms with van der Waals surface area (Å²) in [6.07, 6.45) is 0. The first-order valence-electron chi connectivity index (χ1n) is 1.83. The molecular formula is C3H2N2OW3. The molecule has 0 bridgehead atoms. The number of hydrogen-bond donors (Lipinski definition) is 0. The van der Waals surface area contributed by atoms with E-state index in [0.29, 0.717) is 0 Å². The van der Waals surface area contributed by atoms with Crippen molar-refractivity contribution in [2.24, 2.45) is 3.60 Å². The van der Waals surface area contributed by atoms with Gasteiger partial charge in [-0.2, -0.15) is 0 Å². The van der Waals surface area contributed by atoms with Crippen LogP contribution < -0.4 is 0 Å². The van der Waals surface area contributed by atoms with Gasteiger partial charge in [0.2, 0.25) is 0 Å². The van der Waals surface area contributed by atoms with Crippen molar-refractivity contribution in [1.29, 1.82) is 0 Å². The zero-order valence-electron chi connectivity index (χ0n) is 4.18. The van der Waals surface area contributed by atoms with E-state index in [9.17, 15) is 4.79 Å². The molecule has 0 aromatic heterocycles.